The number of carbonyl (C=O) groups is 3. The quantitative estimate of drug-likeness (QED) is 0.363. The number of allylic oxidation sites excluding steroid dienone is 4. The highest BCUT2D eigenvalue weighted by Crippen LogP contribution is 2.24. The third-order valence-corrected chi connectivity index (χ3v) is 4.93. The zero-order chi connectivity index (χ0) is 20.6. The Bertz CT molecular complexity index is 954. The molecule has 2 aromatic carbocycles. The van der Waals surface area contributed by atoms with Crippen LogP contribution in [0.15, 0.2) is 78.4 Å². The van der Waals surface area contributed by atoms with Crippen molar-refractivity contribution in [2.45, 2.75) is 19.8 Å². The average molecular weight is 388 g/mol. The van der Waals surface area contributed by atoms with Crippen molar-refractivity contribution in [3.8, 4) is 0 Å². The SMILES string of the molecule is CCOCCc1ccccc1C(=O)CC1C=CC=C(C(=O)c2ccccc2)C1=O. The summed E-state index contributed by atoms with van der Waals surface area (Å²) in [4.78, 5) is 38.5. The first kappa shape index (κ1) is 20.6. The Morgan fingerprint density at radius 2 is 1.72 bits per heavy atom. The van der Waals surface area contributed by atoms with E-state index in [0.717, 1.165) is 5.56 Å². The summed E-state index contributed by atoms with van der Waals surface area (Å²) >= 11 is 0. The Hall–Kier alpha value is -3.11. The van der Waals surface area contributed by atoms with Gasteiger partial charge in [0.05, 0.1) is 12.2 Å². The van der Waals surface area contributed by atoms with Crippen molar-refractivity contribution in [2.75, 3.05) is 13.2 Å². The predicted molar refractivity (Wildman–Crippen MR) is 112 cm³/mol. The zero-order valence-electron chi connectivity index (χ0n) is 16.5. The van der Waals surface area contributed by atoms with Gasteiger partial charge in [-0.2, -0.15) is 0 Å². The van der Waals surface area contributed by atoms with E-state index >= 15 is 0 Å². The molecular weight excluding hydrogens is 364 g/mol. The van der Waals surface area contributed by atoms with Crippen LogP contribution in [0.4, 0.5) is 0 Å². The molecule has 0 aliphatic heterocycles. The highest BCUT2D eigenvalue weighted by molar-refractivity contribution is 6.28. The van der Waals surface area contributed by atoms with E-state index in [0.29, 0.717) is 30.8 Å². The molecule has 0 saturated heterocycles. The van der Waals surface area contributed by atoms with Crippen molar-refractivity contribution >= 4 is 17.3 Å². The minimum atomic E-state index is -0.630. The summed E-state index contributed by atoms with van der Waals surface area (Å²) in [6, 6.07) is 16.1. The Morgan fingerprint density at radius 1 is 1.00 bits per heavy atom. The van der Waals surface area contributed by atoms with Gasteiger partial charge in [0.2, 0.25) is 0 Å². The summed E-state index contributed by atoms with van der Waals surface area (Å²) in [5.41, 5.74) is 2.11. The van der Waals surface area contributed by atoms with E-state index in [1.165, 1.54) is 6.08 Å². The fourth-order valence-corrected chi connectivity index (χ4v) is 3.40. The van der Waals surface area contributed by atoms with Gasteiger partial charge in [-0.3, -0.25) is 14.4 Å². The topological polar surface area (TPSA) is 60.4 Å². The number of Topliss-reactive ketones (excluding diaryl/α,β-unsaturated/α-hetero) is 3. The molecule has 0 N–H and O–H groups in total. The van der Waals surface area contributed by atoms with Crippen molar-refractivity contribution in [3.05, 3.63) is 95.1 Å². The molecule has 4 heteroatoms. The second-order valence-corrected chi connectivity index (χ2v) is 6.86. The van der Waals surface area contributed by atoms with E-state index in [9.17, 15) is 14.4 Å². The molecule has 0 heterocycles. The van der Waals surface area contributed by atoms with E-state index in [2.05, 4.69) is 0 Å². The first-order chi connectivity index (χ1) is 14.1. The summed E-state index contributed by atoms with van der Waals surface area (Å²) < 4.78 is 5.40. The molecule has 29 heavy (non-hydrogen) atoms. The minimum absolute atomic E-state index is 0.0421. The third kappa shape index (κ3) is 5.04. The van der Waals surface area contributed by atoms with Crippen LogP contribution in [0.2, 0.25) is 0 Å². The van der Waals surface area contributed by atoms with Crippen LogP contribution in [-0.2, 0) is 16.0 Å². The summed E-state index contributed by atoms with van der Waals surface area (Å²) in [6.07, 6.45) is 5.61. The smallest absolute Gasteiger partial charge is 0.196 e. The molecule has 0 saturated carbocycles. The van der Waals surface area contributed by atoms with Crippen LogP contribution in [0, 0.1) is 5.92 Å². The lowest BCUT2D eigenvalue weighted by Gasteiger charge is -2.17. The van der Waals surface area contributed by atoms with E-state index in [-0.39, 0.29) is 29.3 Å². The molecule has 1 unspecified atom stereocenters. The van der Waals surface area contributed by atoms with Crippen molar-refractivity contribution in [1.82, 2.24) is 0 Å². The fourth-order valence-electron chi connectivity index (χ4n) is 3.40. The summed E-state index contributed by atoms with van der Waals surface area (Å²) in [6.45, 7) is 3.10. The van der Waals surface area contributed by atoms with Gasteiger partial charge in [0.1, 0.15) is 0 Å². The van der Waals surface area contributed by atoms with Gasteiger partial charge >= 0.3 is 0 Å². The normalized spacial score (nSPS) is 15.8. The lowest BCUT2D eigenvalue weighted by atomic mass is 9.84. The van der Waals surface area contributed by atoms with E-state index in [4.69, 9.17) is 4.74 Å². The molecule has 1 aliphatic carbocycles. The molecule has 2 aromatic rings. The second-order valence-electron chi connectivity index (χ2n) is 6.86. The second kappa shape index (κ2) is 9.89. The van der Waals surface area contributed by atoms with Crippen molar-refractivity contribution in [2.24, 2.45) is 5.92 Å². The lowest BCUT2D eigenvalue weighted by Crippen LogP contribution is -2.25. The maximum absolute atomic E-state index is 12.9. The lowest BCUT2D eigenvalue weighted by molar-refractivity contribution is -0.117. The van der Waals surface area contributed by atoms with Gasteiger partial charge in [-0.25, -0.2) is 0 Å². The zero-order valence-corrected chi connectivity index (χ0v) is 16.5. The molecule has 4 nitrogen and oxygen atoms in total. The van der Waals surface area contributed by atoms with Crippen LogP contribution >= 0.6 is 0 Å². The molecule has 0 amide bonds. The molecule has 0 radical (unpaired) electrons. The summed E-state index contributed by atoms with van der Waals surface area (Å²) in [5.74, 6) is -1.35. The number of carbonyl (C=O) groups excluding carboxylic acids is 3. The molecule has 1 aliphatic rings. The first-order valence-electron chi connectivity index (χ1n) is 9.83. The van der Waals surface area contributed by atoms with Gasteiger partial charge in [-0.05, 0) is 25.0 Å². The van der Waals surface area contributed by atoms with Crippen molar-refractivity contribution in [3.63, 3.8) is 0 Å². The average Bonchev–Trinajstić information content (AvgIpc) is 2.76. The Morgan fingerprint density at radius 3 is 2.48 bits per heavy atom. The third-order valence-electron chi connectivity index (χ3n) is 4.93. The van der Waals surface area contributed by atoms with Crippen LogP contribution in [0.3, 0.4) is 0 Å². The van der Waals surface area contributed by atoms with Gasteiger partial charge in [0.15, 0.2) is 17.3 Å². The standard InChI is InChI=1S/C25H24O4/c1-2-29-16-15-18-9-6-7-13-21(18)23(26)17-20-12-8-14-22(25(20)28)24(27)19-10-4-3-5-11-19/h3-14,20H,2,15-17H2,1H3. The Balaban J connectivity index is 1.72. The monoisotopic (exact) mass is 388 g/mol. The summed E-state index contributed by atoms with van der Waals surface area (Å²) in [5, 5.41) is 0. The van der Waals surface area contributed by atoms with Crippen LogP contribution in [-0.4, -0.2) is 30.6 Å². The number of ether oxygens (including phenoxy) is 1. The predicted octanol–water partition coefficient (Wildman–Crippen LogP) is 4.40. The largest absolute Gasteiger partial charge is 0.381 e. The molecule has 3 rings (SSSR count). The van der Waals surface area contributed by atoms with E-state index < -0.39 is 5.92 Å². The summed E-state index contributed by atoms with van der Waals surface area (Å²) in [7, 11) is 0. The molecule has 0 spiro atoms. The van der Waals surface area contributed by atoms with E-state index in [1.54, 1.807) is 42.5 Å². The van der Waals surface area contributed by atoms with Crippen molar-refractivity contribution < 1.29 is 19.1 Å². The molecule has 0 aromatic heterocycles. The van der Waals surface area contributed by atoms with Gasteiger partial charge in [-0.15, -0.1) is 0 Å². The van der Waals surface area contributed by atoms with Crippen LogP contribution in [0.1, 0.15) is 39.6 Å². The van der Waals surface area contributed by atoms with Crippen molar-refractivity contribution in [1.29, 1.82) is 0 Å². The maximum atomic E-state index is 12.9. The molecular formula is C25H24O4. The minimum Gasteiger partial charge on any atom is -0.381 e. The van der Waals surface area contributed by atoms with Gasteiger partial charge < -0.3 is 4.74 Å². The number of hydrogen-bond acceptors (Lipinski definition) is 4. The van der Waals surface area contributed by atoms with Gasteiger partial charge in [0.25, 0.3) is 0 Å². The highest BCUT2D eigenvalue weighted by Gasteiger charge is 2.29. The van der Waals surface area contributed by atoms with Crippen LogP contribution < -0.4 is 0 Å². The maximum Gasteiger partial charge on any atom is 0.196 e. The molecule has 0 bridgehead atoms. The van der Waals surface area contributed by atoms with Gasteiger partial charge in [0, 0.05) is 30.1 Å². The number of rotatable bonds is 9. The highest BCUT2D eigenvalue weighted by atomic mass is 16.5. The molecule has 1 atom stereocenters. The first-order valence-corrected chi connectivity index (χ1v) is 9.83. The van der Waals surface area contributed by atoms with E-state index in [1.807, 2.05) is 31.2 Å². The van der Waals surface area contributed by atoms with Crippen LogP contribution in [0.25, 0.3) is 0 Å². The number of ketones is 3. The Kier molecular flexibility index (Phi) is 7.04. The Labute approximate surface area is 170 Å². The molecule has 0 fully saturated rings. The number of hydrogen-bond donors (Lipinski definition) is 0. The molecule has 148 valence electrons. The van der Waals surface area contributed by atoms with Crippen LogP contribution in [0.5, 0.6) is 0 Å². The fraction of sp³-hybridized carbons (Fsp3) is 0.240. The van der Waals surface area contributed by atoms with Gasteiger partial charge in [-0.1, -0.05) is 66.7 Å². The number of benzene rings is 2.